The van der Waals surface area contributed by atoms with Crippen LogP contribution in [-0.2, 0) is 9.36 Å². The Morgan fingerprint density at radius 2 is 2.00 bits per heavy atom. The lowest BCUT2D eigenvalue weighted by molar-refractivity contribution is -0.134. The quantitative estimate of drug-likeness (QED) is 0.593. The van der Waals surface area contributed by atoms with Gasteiger partial charge in [-0.2, -0.15) is 0 Å². The molecular weight excluding hydrogens is 245 g/mol. The molecule has 0 aliphatic rings. The highest BCUT2D eigenvalue weighted by Gasteiger charge is 2.07. The highest BCUT2D eigenvalue weighted by Crippen LogP contribution is 2.37. The van der Waals surface area contributed by atoms with Gasteiger partial charge in [-0.3, -0.25) is 9.36 Å². The molecule has 0 fully saturated rings. The van der Waals surface area contributed by atoms with Gasteiger partial charge in [0, 0.05) is 11.5 Å². The topological polar surface area (TPSA) is 107 Å². The standard InChI is InChI=1S/C10H12NO5P/c12-10(13)7-11-9-4-2-1-3-8(9)5-6-17(14,15)16/h1-6,11H,7H2,(H,12,13)(H2,14,15,16)/b6-5+. The predicted octanol–water partition coefficient (Wildman–Crippen LogP) is 1.33. The highest BCUT2D eigenvalue weighted by atomic mass is 31.2. The van der Waals surface area contributed by atoms with Gasteiger partial charge in [-0.25, -0.2) is 0 Å². The van der Waals surface area contributed by atoms with Gasteiger partial charge in [-0.1, -0.05) is 18.2 Å². The molecule has 17 heavy (non-hydrogen) atoms. The van der Waals surface area contributed by atoms with Crippen LogP contribution >= 0.6 is 7.60 Å². The molecule has 1 rings (SSSR count). The van der Waals surface area contributed by atoms with Gasteiger partial charge in [0.15, 0.2) is 0 Å². The minimum Gasteiger partial charge on any atom is -0.480 e. The number of aliphatic carboxylic acids is 1. The van der Waals surface area contributed by atoms with Crippen LogP contribution in [0.5, 0.6) is 0 Å². The van der Waals surface area contributed by atoms with Gasteiger partial charge in [0.1, 0.15) is 6.54 Å². The lowest BCUT2D eigenvalue weighted by Crippen LogP contribution is -2.12. The highest BCUT2D eigenvalue weighted by molar-refractivity contribution is 7.55. The fraction of sp³-hybridized carbons (Fsp3) is 0.100. The Hall–Kier alpha value is -1.62. The van der Waals surface area contributed by atoms with Crippen molar-refractivity contribution in [2.24, 2.45) is 0 Å². The monoisotopic (exact) mass is 257 g/mol. The van der Waals surface area contributed by atoms with Crippen molar-refractivity contribution in [3.63, 3.8) is 0 Å². The van der Waals surface area contributed by atoms with Gasteiger partial charge in [0.05, 0.1) is 0 Å². The fourth-order valence-corrected chi connectivity index (χ4v) is 1.51. The van der Waals surface area contributed by atoms with E-state index >= 15 is 0 Å². The van der Waals surface area contributed by atoms with Crippen LogP contribution in [0, 0.1) is 0 Å². The van der Waals surface area contributed by atoms with E-state index < -0.39 is 13.6 Å². The Morgan fingerprint density at radius 3 is 2.59 bits per heavy atom. The molecule has 0 atom stereocenters. The lowest BCUT2D eigenvalue weighted by atomic mass is 10.2. The molecule has 6 nitrogen and oxygen atoms in total. The molecule has 0 heterocycles. The number of hydrogen-bond donors (Lipinski definition) is 4. The Balaban J connectivity index is 2.88. The van der Waals surface area contributed by atoms with E-state index in [2.05, 4.69) is 5.32 Å². The Morgan fingerprint density at radius 1 is 1.35 bits per heavy atom. The van der Waals surface area contributed by atoms with Crippen LogP contribution in [0.2, 0.25) is 0 Å². The summed E-state index contributed by atoms with van der Waals surface area (Å²) in [5.41, 5.74) is 1.01. The van der Waals surface area contributed by atoms with Crippen LogP contribution in [0.25, 0.3) is 6.08 Å². The van der Waals surface area contributed by atoms with Crippen molar-refractivity contribution in [3.8, 4) is 0 Å². The molecule has 0 amide bonds. The van der Waals surface area contributed by atoms with Gasteiger partial charge in [0.2, 0.25) is 0 Å². The number of nitrogens with one attached hydrogen (secondary N) is 1. The van der Waals surface area contributed by atoms with Crippen LogP contribution in [0.1, 0.15) is 5.56 Å². The molecule has 0 aliphatic carbocycles. The molecule has 0 saturated heterocycles. The second-order valence-corrected chi connectivity index (χ2v) is 4.72. The summed E-state index contributed by atoms with van der Waals surface area (Å²) in [7, 11) is -4.21. The van der Waals surface area contributed by atoms with E-state index in [1.54, 1.807) is 24.3 Å². The molecule has 1 aromatic carbocycles. The molecule has 0 unspecified atom stereocenters. The number of carboxylic acids is 1. The third-order valence-electron chi connectivity index (χ3n) is 1.84. The molecule has 0 radical (unpaired) electrons. The molecule has 0 aromatic heterocycles. The molecule has 7 heteroatoms. The van der Waals surface area contributed by atoms with Crippen LogP contribution in [0.3, 0.4) is 0 Å². The average Bonchev–Trinajstić information content (AvgIpc) is 2.23. The largest absolute Gasteiger partial charge is 0.480 e. The predicted molar refractivity (Wildman–Crippen MR) is 63.6 cm³/mol. The van der Waals surface area contributed by atoms with Crippen LogP contribution in [0.4, 0.5) is 5.69 Å². The molecule has 1 aromatic rings. The molecule has 0 aliphatic heterocycles. The van der Waals surface area contributed by atoms with Crippen LogP contribution < -0.4 is 5.32 Å². The fourth-order valence-electron chi connectivity index (χ4n) is 1.15. The number of para-hydroxylation sites is 1. The number of hydrogen-bond acceptors (Lipinski definition) is 3. The summed E-state index contributed by atoms with van der Waals surface area (Å²) < 4.78 is 10.7. The van der Waals surface area contributed by atoms with Crippen molar-refractivity contribution < 1.29 is 24.3 Å². The Labute approximate surface area is 97.8 Å². The maximum atomic E-state index is 10.7. The third-order valence-corrected chi connectivity index (χ3v) is 2.38. The molecule has 92 valence electrons. The number of benzene rings is 1. The van der Waals surface area contributed by atoms with Crippen molar-refractivity contribution in [2.75, 3.05) is 11.9 Å². The Bertz CT molecular complexity index is 479. The summed E-state index contributed by atoms with van der Waals surface area (Å²) in [5.74, 6) is -0.243. The maximum Gasteiger partial charge on any atom is 0.349 e. The second-order valence-electron chi connectivity index (χ2n) is 3.24. The van der Waals surface area contributed by atoms with E-state index in [9.17, 15) is 9.36 Å². The smallest absolute Gasteiger partial charge is 0.349 e. The normalized spacial score (nSPS) is 11.6. The SMILES string of the molecule is O=C(O)CNc1ccccc1/C=C/P(=O)(O)O. The van der Waals surface area contributed by atoms with Crippen LogP contribution in [0.15, 0.2) is 30.1 Å². The first-order chi connectivity index (χ1) is 7.88. The van der Waals surface area contributed by atoms with Gasteiger partial charge >= 0.3 is 13.6 Å². The lowest BCUT2D eigenvalue weighted by Gasteiger charge is -2.07. The zero-order valence-electron chi connectivity index (χ0n) is 8.78. The molecule has 0 spiro atoms. The summed E-state index contributed by atoms with van der Waals surface area (Å²) in [4.78, 5) is 27.8. The molecule has 4 N–H and O–H groups in total. The average molecular weight is 257 g/mol. The van der Waals surface area contributed by atoms with Crippen molar-refractivity contribution in [2.45, 2.75) is 0 Å². The first kappa shape index (κ1) is 13.4. The summed E-state index contributed by atoms with van der Waals surface area (Å²) in [6, 6.07) is 6.63. The minimum atomic E-state index is -4.21. The van der Waals surface area contributed by atoms with Gasteiger partial charge in [0.25, 0.3) is 0 Å². The van der Waals surface area contributed by atoms with E-state index in [4.69, 9.17) is 14.9 Å². The Kier molecular flexibility index (Phi) is 4.45. The second kappa shape index (κ2) is 5.63. The maximum absolute atomic E-state index is 10.7. The molecule has 0 saturated carbocycles. The van der Waals surface area contributed by atoms with Gasteiger partial charge in [-0.15, -0.1) is 0 Å². The summed E-state index contributed by atoms with van der Waals surface area (Å²) in [6.45, 7) is -0.263. The van der Waals surface area contributed by atoms with E-state index in [0.717, 1.165) is 5.82 Å². The summed E-state index contributed by atoms with van der Waals surface area (Å²) in [5, 5.41) is 11.2. The number of carboxylic acid groups (broad SMARTS) is 1. The zero-order valence-corrected chi connectivity index (χ0v) is 9.67. The zero-order chi connectivity index (χ0) is 12.9. The molecular formula is C10H12NO5P. The van der Waals surface area contributed by atoms with Crippen molar-refractivity contribution >= 4 is 25.3 Å². The number of anilines is 1. The van der Waals surface area contributed by atoms with Crippen molar-refractivity contribution in [1.29, 1.82) is 0 Å². The van der Waals surface area contributed by atoms with Gasteiger partial charge in [-0.05, 0) is 17.7 Å². The third kappa shape index (κ3) is 5.31. The van der Waals surface area contributed by atoms with E-state index in [1.807, 2.05) is 0 Å². The molecule has 0 bridgehead atoms. The van der Waals surface area contributed by atoms with Crippen molar-refractivity contribution in [3.05, 3.63) is 35.6 Å². The minimum absolute atomic E-state index is 0.263. The number of carbonyl (C=O) groups is 1. The summed E-state index contributed by atoms with van der Waals surface area (Å²) >= 11 is 0. The number of rotatable bonds is 5. The van der Waals surface area contributed by atoms with Crippen LogP contribution in [-0.4, -0.2) is 27.4 Å². The van der Waals surface area contributed by atoms with E-state index in [-0.39, 0.29) is 6.54 Å². The van der Waals surface area contributed by atoms with Crippen molar-refractivity contribution in [1.82, 2.24) is 0 Å². The first-order valence-corrected chi connectivity index (χ1v) is 6.36. The summed E-state index contributed by atoms with van der Waals surface area (Å²) in [6.07, 6.45) is 1.25. The first-order valence-electron chi connectivity index (χ1n) is 4.67. The van der Waals surface area contributed by atoms with E-state index in [1.165, 1.54) is 6.08 Å². The van der Waals surface area contributed by atoms with Gasteiger partial charge < -0.3 is 20.2 Å². The van der Waals surface area contributed by atoms with E-state index in [0.29, 0.717) is 11.3 Å².